The molecule has 5 nitrogen and oxygen atoms in total. The number of rotatable bonds is 7. The van der Waals surface area contributed by atoms with Gasteiger partial charge in [-0.05, 0) is 30.7 Å². The Morgan fingerprint density at radius 3 is 2.67 bits per heavy atom. The number of thiophene rings is 1. The zero-order valence-electron chi connectivity index (χ0n) is 11.3. The highest BCUT2D eigenvalue weighted by atomic mass is 35.5. The third-order valence-corrected chi connectivity index (χ3v) is 6.36. The summed E-state index contributed by atoms with van der Waals surface area (Å²) in [5, 5.41) is 9.55. The van der Waals surface area contributed by atoms with Crippen LogP contribution in [0.3, 0.4) is 0 Å². The second-order valence-electron chi connectivity index (χ2n) is 4.50. The molecule has 0 saturated carbocycles. The predicted molar refractivity (Wildman–Crippen MR) is 82.3 cm³/mol. The normalized spacial score (nSPS) is 15.0. The maximum Gasteiger partial charge on any atom is 0.250 e. The molecule has 0 aliphatic rings. The van der Waals surface area contributed by atoms with Crippen molar-refractivity contribution in [1.29, 1.82) is 0 Å². The highest BCUT2D eigenvalue weighted by Gasteiger charge is 2.29. The summed E-state index contributed by atoms with van der Waals surface area (Å²) in [6, 6.07) is 5.82. The van der Waals surface area contributed by atoms with Crippen molar-refractivity contribution >= 4 is 33.0 Å². The largest absolute Gasteiger partial charge is 0.469 e. The van der Waals surface area contributed by atoms with Crippen LogP contribution < -0.4 is 4.72 Å². The van der Waals surface area contributed by atoms with Gasteiger partial charge < -0.3 is 9.52 Å². The van der Waals surface area contributed by atoms with Gasteiger partial charge in [0.1, 0.15) is 9.97 Å². The smallest absolute Gasteiger partial charge is 0.250 e. The lowest BCUT2D eigenvalue weighted by Gasteiger charge is -2.23. The van der Waals surface area contributed by atoms with Crippen LogP contribution in [-0.2, 0) is 10.0 Å². The number of hydrogen-bond acceptors (Lipinski definition) is 5. The van der Waals surface area contributed by atoms with Gasteiger partial charge in [-0.25, -0.2) is 13.1 Å². The molecule has 0 spiro atoms. The minimum absolute atomic E-state index is 0.125. The quantitative estimate of drug-likeness (QED) is 0.805. The van der Waals surface area contributed by atoms with Crippen LogP contribution in [0.2, 0.25) is 4.34 Å². The monoisotopic (exact) mass is 349 g/mol. The molecule has 8 heteroatoms. The molecule has 0 aliphatic heterocycles. The van der Waals surface area contributed by atoms with Crippen molar-refractivity contribution in [2.24, 2.45) is 0 Å². The molecule has 2 aromatic rings. The van der Waals surface area contributed by atoms with E-state index in [1.165, 1.54) is 18.4 Å². The van der Waals surface area contributed by atoms with Gasteiger partial charge >= 0.3 is 0 Å². The van der Waals surface area contributed by atoms with Crippen LogP contribution >= 0.6 is 22.9 Å². The van der Waals surface area contributed by atoms with Crippen molar-refractivity contribution in [3.05, 3.63) is 40.6 Å². The first-order chi connectivity index (χ1) is 9.97. The summed E-state index contributed by atoms with van der Waals surface area (Å²) >= 11 is 6.74. The molecule has 0 radical (unpaired) electrons. The predicted octanol–water partition coefficient (Wildman–Crippen LogP) is 2.83. The summed E-state index contributed by atoms with van der Waals surface area (Å²) in [5.74, 6) is 0.402. The fraction of sp³-hybridized carbons (Fsp3) is 0.385. The van der Waals surface area contributed by atoms with Gasteiger partial charge in [-0.2, -0.15) is 0 Å². The molecule has 0 saturated heterocycles. The third kappa shape index (κ3) is 3.87. The molecular formula is C13H16ClNO4S2. The van der Waals surface area contributed by atoms with Crippen LogP contribution in [0.15, 0.2) is 39.2 Å². The van der Waals surface area contributed by atoms with Gasteiger partial charge in [0.25, 0.3) is 0 Å². The SMILES string of the molecule is CC[C@@H](c1ccco1)[C@@H](CO)NS(=O)(=O)c1ccc(Cl)s1. The molecular weight excluding hydrogens is 334 g/mol. The highest BCUT2D eigenvalue weighted by Crippen LogP contribution is 2.28. The number of hydrogen-bond donors (Lipinski definition) is 2. The Morgan fingerprint density at radius 1 is 1.43 bits per heavy atom. The molecule has 0 amide bonds. The Hall–Kier alpha value is -0.860. The number of aliphatic hydroxyl groups excluding tert-OH is 1. The summed E-state index contributed by atoms with van der Waals surface area (Å²) in [7, 11) is -3.71. The van der Waals surface area contributed by atoms with E-state index >= 15 is 0 Å². The van der Waals surface area contributed by atoms with Crippen LogP contribution in [-0.4, -0.2) is 26.2 Å². The second-order valence-corrected chi connectivity index (χ2v) is 8.15. The molecule has 0 aromatic carbocycles. The van der Waals surface area contributed by atoms with E-state index in [9.17, 15) is 13.5 Å². The standard InChI is InChI=1S/C13H16ClNO4S2/c1-2-9(11-4-3-7-19-11)10(8-16)15-21(17,18)13-6-5-12(14)20-13/h3-7,9-10,15-16H,2,8H2,1H3/t9-,10-/m1/s1. The summed E-state index contributed by atoms with van der Waals surface area (Å²) < 4.78 is 33.0. The van der Waals surface area contributed by atoms with Crippen LogP contribution in [0.1, 0.15) is 25.0 Å². The van der Waals surface area contributed by atoms with E-state index < -0.39 is 16.1 Å². The van der Waals surface area contributed by atoms with E-state index in [4.69, 9.17) is 16.0 Å². The Kier molecular flexibility index (Phi) is 5.45. The van der Waals surface area contributed by atoms with E-state index in [0.29, 0.717) is 16.5 Å². The fourth-order valence-electron chi connectivity index (χ4n) is 2.13. The maximum absolute atomic E-state index is 12.3. The van der Waals surface area contributed by atoms with E-state index in [1.54, 1.807) is 12.1 Å². The molecule has 0 bridgehead atoms. The van der Waals surface area contributed by atoms with Crippen molar-refractivity contribution in [3.63, 3.8) is 0 Å². The number of furan rings is 1. The average Bonchev–Trinajstić information content (AvgIpc) is 3.10. The third-order valence-electron chi connectivity index (χ3n) is 3.15. The molecule has 0 aliphatic carbocycles. The van der Waals surface area contributed by atoms with Crippen LogP contribution in [0, 0.1) is 0 Å². The summed E-state index contributed by atoms with van der Waals surface area (Å²) in [6.07, 6.45) is 2.16. The molecule has 2 N–H and O–H groups in total. The Balaban J connectivity index is 2.22. The topological polar surface area (TPSA) is 79.5 Å². The van der Waals surface area contributed by atoms with Gasteiger partial charge in [0.15, 0.2) is 0 Å². The van der Waals surface area contributed by atoms with Crippen molar-refractivity contribution in [2.75, 3.05) is 6.61 Å². The van der Waals surface area contributed by atoms with Crippen molar-refractivity contribution in [1.82, 2.24) is 4.72 Å². The summed E-state index contributed by atoms with van der Waals surface area (Å²) in [4.78, 5) is 0. The Bertz CT molecular complexity index is 666. The number of halogens is 1. The van der Waals surface area contributed by atoms with E-state index in [2.05, 4.69) is 4.72 Å². The lowest BCUT2D eigenvalue weighted by molar-refractivity contribution is 0.227. The average molecular weight is 350 g/mol. The molecule has 2 rings (SSSR count). The lowest BCUT2D eigenvalue weighted by Crippen LogP contribution is -2.41. The van der Waals surface area contributed by atoms with Gasteiger partial charge in [-0.1, -0.05) is 18.5 Å². The maximum atomic E-state index is 12.3. The van der Waals surface area contributed by atoms with Crippen molar-refractivity contribution in [2.45, 2.75) is 29.5 Å². The lowest BCUT2D eigenvalue weighted by atomic mass is 9.95. The van der Waals surface area contributed by atoms with Crippen LogP contribution in [0.4, 0.5) is 0 Å². The first kappa shape index (κ1) is 16.5. The Labute approximate surface area is 132 Å². The molecule has 0 unspecified atom stereocenters. The van der Waals surface area contributed by atoms with Crippen molar-refractivity contribution in [3.8, 4) is 0 Å². The molecule has 116 valence electrons. The van der Waals surface area contributed by atoms with Gasteiger partial charge in [0.2, 0.25) is 10.0 Å². The van der Waals surface area contributed by atoms with E-state index in [1.807, 2.05) is 6.92 Å². The first-order valence-corrected chi connectivity index (χ1v) is 9.07. The van der Waals surface area contributed by atoms with Gasteiger partial charge in [-0.15, -0.1) is 11.3 Å². The Morgan fingerprint density at radius 2 is 2.19 bits per heavy atom. The van der Waals surface area contributed by atoms with Crippen molar-refractivity contribution < 1.29 is 17.9 Å². The zero-order chi connectivity index (χ0) is 15.5. The van der Waals surface area contributed by atoms with Gasteiger partial charge in [-0.3, -0.25) is 0 Å². The summed E-state index contributed by atoms with van der Waals surface area (Å²) in [6.45, 7) is 1.59. The van der Waals surface area contributed by atoms with E-state index in [0.717, 1.165) is 11.3 Å². The van der Waals surface area contributed by atoms with Gasteiger partial charge in [0, 0.05) is 5.92 Å². The minimum Gasteiger partial charge on any atom is -0.469 e. The number of nitrogens with one attached hydrogen (secondary N) is 1. The van der Waals surface area contributed by atoms with E-state index in [-0.39, 0.29) is 16.7 Å². The molecule has 2 heterocycles. The molecule has 21 heavy (non-hydrogen) atoms. The number of aliphatic hydroxyl groups is 1. The molecule has 0 fully saturated rings. The first-order valence-electron chi connectivity index (χ1n) is 6.40. The summed E-state index contributed by atoms with van der Waals surface area (Å²) in [5.41, 5.74) is 0. The van der Waals surface area contributed by atoms with Gasteiger partial charge in [0.05, 0.1) is 23.2 Å². The van der Waals surface area contributed by atoms with Crippen LogP contribution in [0.5, 0.6) is 0 Å². The van der Waals surface area contributed by atoms with Crippen LogP contribution in [0.25, 0.3) is 0 Å². The number of sulfonamides is 1. The second kappa shape index (κ2) is 6.93. The molecule has 2 aromatic heterocycles. The molecule has 2 atom stereocenters. The fourth-order valence-corrected chi connectivity index (χ4v) is 4.90. The highest BCUT2D eigenvalue weighted by molar-refractivity contribution is 7.91. The zero-order valence-corrected chi connectivity index (χ0v) is 13.7. The minimum atomic E-state index is -3.71.